The minimum Gasteiger partial charge on any atom is -0.498 e. The largest absolute Gasteiger partial charge is 0.498 e. The lowest BCUT2D eigenvalue weighted by Gasteiger charge is -2.25. The van der Waals surface area contributed by atoms with Crippen molar-refractivity contribution in [1.82, 2.24) is 0 Å². The second-order valence-corrected chi connectivity index (χ2v) is 9.77. The molecule has 0 radical (unpaired) electrons. The highest BCUT2D eigenvalue weighted by molar-refractivity contribution is 5.45. The summed E-state index contributed by atoms with van der Waals surface area (Å²) in [5.41, 5.74) is 0.484. The maximum absolute atomic E-state index is 11.3. The quantitative estimate of drug-likeness (QED) is 0.0925. The van der Waals surface area contributed by atoms with Crippen LogP contribution in [0.5, 0.6) is 0 Å². The van der Waals surface area contributed by atoms with Gasteiger partial charge in [0.2, 0.25) is 0 Å². The van der Waals surface area contributed by atoms with Crippen LogP contribution in [0.2, 0.25) is 0 Å². The second-order valence-electron chi connectivity index (χ2n) is 9.77. The van der Waals surface area contributed by atoms with Gasteiger partial charge in [0.05, 0.1) is 52.9 Å². The lowest BCUT2D eigenvalue weighted by atomic mass is 9.87. The van der Waals surface area contributed by atoms with Crippen molar-refractivity contribution in [2.45, 2.75) is 11.2 Å². The average Bonchev–Trinajstić information content (AvgIpc) is 3.11. The van der Waals surface area contributed by atoms with E-state index < -0.39 is 11.2 Å². The smallest absolute Gasteiger partial charge is 0.344 e. The molecule has 0 aliphatic rings. The van der Waals surface area contributed by atoms with Gasteiger partial charge in [-0.1, -0.05) is 121 Å². The van der Waals surface area contributed by atoms with Crippen LogP contribution in [0.15, 0.2) is 121 Å². The monoisotopic (exact) mass is 608 g/mol. The Balaban J connectivity index is 1.15. The molecule has 232 valence electrons. The predicted octanol–water partition coefficient (Wildman–Crippen LogP) is 6.62. The third kappa shape index (κ3) is 9.13. The summed E-state index contributed by atoms with van der Waals surface area (Å²) in [5.74, 6) is 0. The molecule has 0 saturated heterocycles. The maximum Gasteiger partial charge on any atom is 0.344 e. The number of hydrogen-bond donors (Lipinski definition) is 0. The molecule has 0 aromatic heterocycles. The van der Waals surface area contributed by atoms with Gasteiger partial charge in [0, 0.05) is 32.3 Å². The predicted molar refractivity (Wildman–Crippen MR) is 173 cm³/mol. The Morgan fingerprint density at radius 3 is 0.889 bits per heavy atom. The fraction of sp³-hybridized carbons (Fsp3) is 0.278. The Labute approximate surface area is 263 Å². The molecule has 0 spiro atoms. The van der Waals surface area contributed by atoms with E-state index in [0.717, 1.165) is 22.3 Å². The van der Waals surface area contributed by atoms with E-state index in [4.69, 9.17) is 23.7 Å². The van der Waals surface area contributed by atoms with E-state index >= 15 is 0 Å². The molecule has 0 aliphatic carbocycles. The third-order valence-corrected chi connectivity index (χ3v) is 6.96. The number of benzene rings is 4. The van der Waals surface area contributed by atoms with Crippen LogP contribution in [0.4, 0.5) is 0 Å². The highest BCUT2D eigenvalue weighted by Crippen LogP contribution is 2.34. The normalized spacial score (nSPS) is 11.2. The lowest BCUT2D eigenvalue weighted by molar-refractivity contribution is -0.0399. The topological polar surface area (TPSA) is 101 Å². The second kappa shape index (κ2) is 18.2. The van der Waals surface area contributed by atoms with Crippen molar-refractivity contribution in [3.63, 3.8) is 0 Å². The summed E-state index contributed by atoms with van der Waals surface area (Å²) >= 11 is 0. The van der Waals surface area contributed by atoms with Gasteiger partial charge in [0.1, 0.15) is 0 Å². The third-order valence-electron chi connectivity index (χ3n) is 6.96. The van der Waals surface area contributed by atoms with Crippen LogP contribution < -0.4 is 0 Å². The van der Waals surface area contributed by atoms with Crippen molar-refractivity contribution in [1.29, 1.82) is 0 Å². The molecule has 0 atom stereocenters. The zero-order valence-corrected chi connectivity index (χ0v) is 25.0. The van der Waals surface area contributed by atoms with E-state index in [1.165, 1.54) is 0 Å². The SMILES string of the molecule is [O-][N+]#CC(OCCOCCOCCOCCOC(C#[N+][O-])(c1ccccc1)c1ccccc1)(c1ccccc1)c1ccccc1. The van der Waals surface area contributed by atoms with Crippen LogP contribution in [0.1, 0.15) is 22.3 Å². The van der Waals surface area contributed by atoms with Crippen LogP contribution in [-0.2, 0) is 34.9 Å². The fourth-order valence-corrected chi connectivity index (χ4v) is 4.86. The molecule has 0 saturated carbocycles. The zero-order valence-electron chi connectivity index (χ0n) is 25.0. The average molecular weight is 609 g/mol. The Morgan fingerprint density at radius 2 is 0.644 bits per heavy atom. The first-order valence-corrected chi connectivity index (χ1v) is 14.7. The summed E-state index contributed by atoms with van der Waals surface area (Å²) in [6.45, 7) is 2.44. The van der Waals surface area contributed by atoms with Crippen LogP contribution >= 0.6 is 0 Å². The maximum atomic E-state index is 11.3. The number of ether oxygens (including phenoxy) is 5. The summed E-state index contributed by atoms with van der Waals surface area (Å²) in [7, 11) is 0. The van der Waals surface area contributed by atoms with Crippen LogP contribution in [-0.4, -0.2) is 52.9 Å². The van der Waals surface area contributed by atoms with E-state index in [1.54, 1.807) is 0 Å². The molecule has 0 heterocycles. The van der Waals surface area contributed by atoms with Gasteiger partial charge < -0.3 is 34.1 Å². The minimum atomic E-state index is -1.24. The molecule has 0 unspecified atom stereocenters. The Kier molecular flexibility index (Phi) is 13.4. The van der Waals surface area contributed by atoms with Gasteiger partial charge in [-0.15, -0.1) is 0 Å². The molecule has 4 aromatic carbocycles. The van der Waals surface area contributed by atoms with Gasteiger partial charge in [-0.25, -0.2) is 0 Å². The van der Waals surface area contributed by atoms with Gasteiger partial charge in [0.25, 0.3) is 11.2 Å². The van der Waals surface area contributed by atoms with E-state index in [0.29, 0.717) is 26.4 Å². The molecule has 4 aromatic rings. The highest BCUT2D eigenvalue weighted by atomic mass is 16.6. The van der Waals surface area contributed by atoms with Crippen LogP contribution in [0.3, 0.4) is 0 Å². The molecule has 45 heavy (non-hydrogen) atoms. The molecular formula is C36H36N2O7. The fourth-order valence-electron chi connectivity index (χ4n) is 4.86. The van der Waals surface area contributed by atoms with Gasteiger partial charge in [-0.05, 0) is 0 Å². The molecule has 9 nitrogen and oxygen atoms in total. The molecule has 0 bridgehead atoms. The van der Waals surface area contributed by atoms with Gasteiger partial charge in [-0.2, -0.15) is 0 Å². The van der Waals surface area contributed by atoms with Crippen molar-refractivity contribution in [2.75, 3.05) is 52.9 Å². The van der Waals surface area contributed by atoms with Gasteiger partial charge in [-0.3, -0.25) is 0 Å². The molecule has 0 N–H and O–H groups in total. The number of nitrogens with zero attached hydrogens (tertiary/aromatic N) is 2. The first-order valence-electron chi connectivity index (χ1n) is 14.7. The summed E-state index contributed by atoms with van der Waals surface area (Å²) in [4.78, 5) is 0. The van der Waals surface area contributed by atoms with Crippen molar-refractivity contribution in [2.24, 2.45) is 0 Å². The van der Waals surface area contributed by atoms with Gasteiger partial charge >= 0.3 is 12.1 Å². The first-order chi connectivity index (χ1) is 22.2. The van der Waals surface area contributed by atoms with Crippen LogP contribution in [0.25, 0.3) is 10.0 Å². The van der Waals surface area contributed by atoms with Crippen molar-refractivity contribution < 1.29 is 23.7 Å². The Morgan fingerprint density at radius 1 is 0.400 bits per heavy atom. The molecule has 4 rings (SSSR count). The van der Waals surface area contributed by atoms with Crippen molar-refractivity contribution in [3.8, 4) is 12.1 Å². The Bertz CT molecular complexity index is 1320. The van der Waals surface area contributed by atoms with E-state index in [2.05, 4.69) is 22.2 Å². The summed E-state index contributed by atoms with van der Waals surface area (Å²) in [6.07, 6.45) is 0. The molecule has 0 amide bonds. The first kappa shape index (κ1) is 33.2. The highest BCUT2D eigenvalue weighted by Gasteiger charge is 2.41. The summed E-state index contributed by atoms with van der Waals surface area (Å²) in [5, 5.41) is 28.6. The minimum absolute atomic E-state index is 0.206. The standard InChI is InChI=1S/C36H36N2O7/c39-37-29-35(31-13-5-1-6-14-31,32-15-7-2-8-16-32)44-27-25-42-23-21-41-22-24-43-26-28-45-36(30-38-40,33-17-9-3-10-18-33)34-19-11-4-12-20-34/h1-20H,21-28H2. The summed E-state index contributed by atoms with van der Waals surface area (Å²) < 4.78 is 29.4. The summed E-state index contributed by atoms with van der Waals surface area (Å²) in [6, 6.07) is 42.8. The zero-order chi connectivity index (χ0) is 31.5. The molecular weight excluding hydrogens is 572 g/mol. The number of hydrogen-bond acceptors (Lipinski definition) is 7. The van der Waals surface area contributed by atoms with Crippen molar-refractivity contribution in [3.05, 3.63) is 164 Å². The Hall–Kier alpha value is -4.74. The van der Waals surface area contributed by atoms with Gasteiger partial charge in [0.15, 0.2) is 0 Å². The molecule has 0 fully saturated rings. The van der Waals surface area contributed by atoms with Crippen LogP contribution in [0, 0.1) is 22.6 Å². The van der Waals surface area contributed by atoms with E-state index in [1.807, 2.05) is 121 Å². The number of rotatable bonds is 18. The van der Waals surface area contributed by atoms with Crippen molar-refractivity contribution >= 4 is 0 Å². The molecule has 0 aliphatic heterocycles. The lowest BCUT2D eigenvalue weighted by Crippen LogP contribution is -2.31. The molecule has 9 heteroatoms. The van der Waals surface area contributed by atoms with E-state index in [-0.39, 0.29) is 26.4 Å². The van der Waals surface area contributed by atoms with E-state index in [9.17, 15) is 10.4 Å².